The number of fused-ring (bicyclic) bond motifs is 1. The van der Waals surface area contributed by atoms with E-state index < -0.39 is 5.79 Å². The third kappa shape index (κ3) is 22.3. The van der Waals surface area contributed by atoms with Gasteiger partial charge in [0.1, 0.15) is 12.2 Å². The highest BCUT2D eigenvalue weighted by molar-refractivity contribution is 4.87. The summed E-state index contributed by atoms with van der Waals surface area (Å²) in [6.07, 6.45) is 9.29. The number of hydrogen-bond donors (Lipinski definition) is 2. The summed E-state index contributed by atoms with van der Waals surface area (Å²) in [5.41, 5.74) is 0.0639. The quantitative estimate of drug-likeness (QED) is 0.191. The highest BCUT2D eigenvalue weighted by Gasteiger charge is 2.44. The Kier molecular flexibility index (Phi) is 27.6. The van der Waals surface area contributed by atoms with Gasteiger partial charge >= 0.3 is 0 Å². The summed E-state index contributed by atoms with van der Waals surface area (Å²) >= 11 is 0. The number of unbranched alkanes of at least 4 members (excludes halogenated alkanes) is 1. The van der Waals surface area contributed by atoms with E-state index in [-0.39, 0.29) is 5.60 Å². The first kappa shape index (κ1) is 41.9. The van der Waals surface area contributed by atoms with Crippen LogP contribution in [0.2, 0.25) is 0 Å². The van der Waals surface area contributed by atoms with Crippen molar-refractivity contribution < 1.29 is 18.9 Å². The van der Waals surface area contributed by atoms with Crippen molar-refractivity contribution in [1.29, 1.82) is 0 Å². The Morgan fingerprint density at radius 3 is 1.77 bits per heavy atom. The van der Waals surface area contributed by atoms with Gasteiger partial charge in [-0.2, -0.15) is 0 Å². The maximum atomic E-state index is 6.01. The van der Waals surface area contributed by atoms with Crippen molar-refractivity contribution in [1.82, 2.24) is 15.5 Å². The third-order valence-corrected chi connectivity index (χ3v) is 6.70. The maximum Gasteiger partial charge on any atom is 0.163 e. The first-order valence-electron chi connectivity index (χ1n) is 16.9. The minimum atomic E-state index is -0.406. The van der Waals surface area contributed by atoms with E-state index in [2.05, 4.69) is 57.1 Å². The lowest BCUT2D eigenvalue weighted by atomic mass is 9.98. The Hall–Kier alpha value is -0.280. The van der Waals surface area contributed by atoms with Crippen LogP contribution >= 0.6 is 0 Å². The van der Waals surface area contributed by atoms with Crippen LogP contribution in [0.5, 0.6) is 0 Å². The van der Waals surface area contributed by atoms with Crippen LogP contribution in [-0.4, -0.2) is 93.6 Å². The number of epoxide rings is 1. The number of rotatable bonds is 12. The molecule has 3 aliphatic heterocycles. The molecule has 0 aliphatic carbocycles. The molecule has 0 amide bonds. The van der Waals surface area contributed by atoms with Gasteiger partial charge < -0.3 is 29.6 Å². The van der Waals surface area contributed by atoms with Gasteiger partial charge in [-0.1, -0.05) is 68.2 Å². The van der Waals surface area contributed by atoms with Gasteiger partial charge in [0.15, 0.2) is 5.79 Å². The molecule has 3 unspecified atom stereocenters. The second-order valence-electron chi connectivity index (χ2n) is 11.4. The van der Waals surface area contributed by atoms with Crippen molar-refractivity contribution in [2.24, 2.45) is 0 Å². The smallest absolute Gasteiger partial charge is 0.163 e. The van der Waals surface area contributed by atoms with Crippen molar-refractivity contribution in [3.63, 3.8) is 0 Å². The highest BCUT2D eigenvalue weighted by atomic mass is 16.7. The molecule has 7 nitrogen and oxygen atoms in total. The van der Waals surface area contributed by atoms with Crippen LogP contribution in [-0.2, 0) is 18.9 Å². The van der Waals surface area contributed by atoms with E-state index in [4.69, 9.17) is 18.9 Å². The van der Waals surface area contributed by atoms with Crippen LogP contribution in [0.4, 0.5) is 0 Å². The lowest BCUT2D eigenvalue weighted by molar-refractivity contribution is -0.212. The summed E-state index contributed by atoms with van der Waals surface area (Å²) in [5.74, 6) is -0.406. The van der Waals surface area contributed by atoms with Gasteiger partial charge in [-0.15, -0.1) is 0 Å². The average molecular weight is 576 g/mol. The van der Waals surface area contributed by atoms with E-state index in [0.29, 0.717) is 31.5 Å². The Labute approximate surface area is 251 Å². The SMILES string of the molecule is CC.CC.CC1(C)OCC2OC2CO1.CCC.CCCCN(CCNCCNCCC)C1CCOC(C)(C)CC1. The molecule has 0 saturated carbocycles. The molecule has 0 aromatic heterocycles. The van der Waals surface area contributed by atoms with Gasteiger partial charge in [0, 0.05) is 38.8 Å². The molecule has 244 valence electrons. The van der Waals surface area contributed by atoms with Crippen molar-refractivity contribution in [3.05, 3.63) is 0 Å². The number of hydrogen-bond acceptors (Lipinski definition) is 7. The molecule has 3 rings (SSSR count). The number of nitrogens with zero attached hydrogens (tertiary/aromatic N) is 1. The summed E-state index contributed by atoms with van der Waals surface area (Å²) in [5, 5.41) is 7.03. The van der Waals surface area contributed by atoms with Crippen LogP contribution in [0.15, 0.2) is 0 Å². The van der Waals surface area contributed by atoms with E-state index >= 15 is 0 Å². The summed E-state index contributed by atoms with van der Waals surface area (Å²) < 4.78 is 22.0. The monoisotopic (exact) mass is 576 g/mol. The standard InChI is InChI=1S/C19H41N3O.C7H12O3.C3H8.2C2H6/c1-5-7-15-22(16-14-21-13-12-20-11-6-2)18-8-10-19(3,4)23-17-9-18;1-7(2)8-3-5-6(10-5)4-9-7;1-3-2;2*1-2/h18,20-21H,5-17H2,1-4H3;5-6H,3-4H2,1-2H3;3H2,1-2H3;2*1-2H3. The molecular weight excluding hydrogens is 502 g/mol. The summed E-state index contributed by atoms with van der Waals surface area (Å²) in [6.45, 7) is 34.1. The Balaban J connectivity index is 0. The lowest BCUT2D eigenvalue weighted by Gasteiger charge is -2.31. The number of ether oxygens (including phenoxy) is 4. The molecule has 3 heterocycles. The van der Waals surface area contributed by atoms with Crippen LogP contribution in [0.25, 0.3) is 0 Å². The topological polar surface area (TPSA) is 67.5 Å². The van der Waals surface area contributed by atoms with E-state index in [1.165, 1.54) is 58.0 Å². The molecule has 2 N–H and O–H groups in total. The van der Waals surface area contributed by atoms with Gasteiger partial charge in [-0.05, 0) is 72.9 Å². The van der Waals surface area contributed by atoms with Crippen LogP contribution in [0.3, 0.4) is 0 Å². The fraction of sp³-hybridized carbons (Fsp3) is 1.00. The van der Waals surface area contributed by atoms with Gasteiger partial charge in [-0.25, -0.2) is 0 Å². The Bertz CT molecular complexity index is 520. The Morgan fingerprint density at radius 1 is 0.700 bits per heavy atom. The van der Waals surface area contributed by atoms with Crippen LogP contribution < -0.4 is 10.6 Å². The molecule has 0 radical (unpaired) electrons. The Morgan fingerprint density at radius 2 is 1.25 bits per heavy atom. The largest absolute Gasteiger partial charge is 0.376 e. The summed E-state index contributed by atoms with van der Waals surface area (Å²) in [4.78, 5) is 2.71. The zero-order valence-corrected chi connectivity index (χ0v) is 29.1. The average Bonchev–Trinajstić information content (AvgIpc) is 3.75. The van der Waals surface area contributed by atoms with Crippen molar-refractivity contribution in [3.8, 4) is 0 Å². The summed E-state index contributed by atoms with van der Waals surface area (Å²) in [6, 6.07) is 0.698. The molecule has 3 aliphatic rings. The molecule has 0 spiro atoms. The highest BCUT2D eigenvalue weighted by Crippen LogP contribution is 2.30. The molecule has 3 saturated heterocycles. The molecule has 3 atom stereocenters. The molecule has 0 aromatic rings. The second-order valence-corrected chi connectivity index (χ2v) is 11.4. The van der Waals surface area contributed by atoms with Crippen molar-refractivity contribution in [2.45, 2.75) is 158 Å². The first-order chi connectivity index (χ1) is 19.2. The summed E-state index contributed by atoms with van der Waals surface area (Å²) in [7, 11) is 0. The molecular formula is C33H73N3O4. The van der Waals surface area contributed by atoms with E-state index in [1.54, 1.807) is 0 Å². The van der Waals surface area contributed by atoms with Gasteiger partial charge in [0.2, 0.25) is 0 Å². The van der Waals surface area contributed by atoms with Gasteiger partial charge in [0.05, 0.1) is 18.8 Å². The van der Waals surface area contributed by atoms with Crippen molar-refractivity contribution in [2.75, 3.05) is 59.1 Å². The van der Waals surface area contributed by atoms with Crippen molar-refractivity contribution >= 4 is 0 Å². The van der Waals surface area contributed by atoms with Crippen LogP contribution in [0, 0.1) is 0 Å². The third-order valence-electron chi connectivity index (χ3n) is 6.70. The minimum Gasteiger partial charge on any atom is -0.376 e. The second kappa shape index (κ2) is 26.4. The van der Waals surface area contributed by atoms with Crippen LogP contribution in [0.1, 0.15) is 128 Å². The predicted molar refractivity (Wildman–Crippen MR) is 173 cm³/mol. The molecule has 3 fully saturated rings. The zero-order chi connectivity index (χ0) is 30.9. The fourth-order valence-corrected chi connectivity index (χ4v) is 4.31. The van der Waals surface area contributed by atoms with E-state index in [0.717, 1.165) is 32.8 Å². The molecule has 40 heavy (non-hydrogen) atoms. The van der Waals surface area contributed by atoms with E-state index in [1.807, 2.05) is 41.5 Å². The van der Waals surface area contributed by atoms with Gasteiger partial charge in [-0.3, -0.25) is 4.90 Å². The molecule has 0 bridgehead atoms. The van der Waals surface area contributed by atoms with Gasteiger partial charge in [0.25, 0.3) is 0 Å². The fourth-order valence-electron chi connectivity index (χ4n) is 4.31. The lowest BCUT2D eigenvalue weighted by Crippen LogP contribution is -2.41. The zero-order valence-electron chi connectivity index (χ0n) is 29.1. The predicted octanol–water partition coefficient (Wildman–Crippen LogP) is 7.03. The molecule has 0 aromatic carbocycles. The van der Waals surface area contributed by atoms with E-state index in [9.17, 15) is 0 Å². The molecule has 7 heteroatoms. The number of nitrogens with one attached hydrogen (secondary N) is 2. The maximum absolute atomic E-state index is 6.01. The first-order valence-corrected chi connectivity index (χ1v) is 16.9. The normalized spacial score (nSPS) is 24.1. The minimum absolute atomic E-state index is 0.0639.